The largest absolute Gasteiger partial charge is 0.472 e. The number of hydrogen-bond acceptors (Lipinski definition) is 7. The van der Waals surface area contributed by atoms with Gasteiger partial charge in [0, 0.05) is 12.8 Å². The monoisotopic (exact) mass is 1140 g/mol. The van der Waals surface area contributed by atoms with Gasteiger partial charge in [-0.15, -0.1) is 0 Å². The second-order valence-electron chi connectivity index (χ2n) is 24.2. The summed E-state index contributed by atoms with van der Waals surface area (Å²) in [5.74, 6) is -0.782. The maximum Gasteiger partial charge on any atom is 0.472 e. The second-order valence-corrected chi connectivity index (χ2v) is 25.6. The summed E-state index contributed by atoms with van der Waals surface area (Å²) in [5, 5.41) is 0. The van der Waals surface area contributed by atoms with E-state index >= 15 is 0 Å². The third-order valence-electron chi connectivity index (χ3n) is 15.0. The molecule has 2 atom stereocenters. The van der Waals surface area contributed by atoms with Crippen molar-refractivity contribution < 1.29 is 42.1 Å². The Morgan fingerprint density at radius 1 is 0.400 bits per heavy atom. The highest BCUT2D eigenvalue weighted by molar-refractivity contribution is 7.47. The lowest BCUT2D eigenvalue weighted by Crippen LogP contribution is -2.37. The van der Waals surface area contributed by atoms with E-state index in [0.29, 0.717) is 23.9 Å². The van der Waals surface area contributed by atoms with E-state index in [2.05, 4.69) is 74.6 Å². The molecule has 0 aliphatic carbocycles. The van der Waals surface area contributed by atoms with Crippen LogP contribution in [0.2, 0.25) is 0 Å². The zero-order chi connectivity index (χ0) is 58.4. The van der Waals surface area contributed by atoms with E-state index < -0.39 is 26.5 Å². The number of phosphoric ester groups is 1. The van der Waals surface area contributed by atoms with E-state index in [0.717, 1.165) is 57.8 Å². The molecule has 0 amide bonds. The standard InChI is InChI=1S/C70H130NO8P/c1-6-8-10-12-14-16-18-20-22-24-26-28-30-31-32-33-34-35-36-37-38-39-41-43-45-47-49-51-53-55-57-59-61-63-70(73)79-68(67-78-80(74,75)77-65-64-71(3,4)5)66-76-69(72)62-60-58-56-54-52-50-48-46-44-42-40-29-27-25-23-21-19-17-15-13-11-9-7-2/h8,10,14,16,20,22,25-28,68H,6-7,9,11-13,15,17-19,21,23-24,29-67H2,1-5H3/p+1/b10-8-,16-14-,22-20-,27-25-,28-26-. The molecule has 10 heteroatoms. The zero-order valence-corrected chi connectivity index (χ0v) is 54.2. The van der Waals surface area contributed by atoms with E-state index in [-0.39, 0.29) is 25.6 Å². The number of carbonyl (C=O) groups excluding carboxylic acids is 2. The van der Waals surface area contributed by atoms with Gasteiger partial charge in [0.25, 0.3) is 0 Å². The third kappa shape index (κ3) is 64.9. The summed E-state index contributed by atoms with van der Waals surface area (Å²) in [6, 6.07) is 0. The molecule has 80 heavy (non-hydrogen) atoms. The van der Waals surface area contributed by atoms with Crippen LogP contribution in [0.25, 0.3) is 0 Å². The molecule has 0 aliphatic heterocycles. The molecule has 9 nitrogen and oxygen atoms in total. The molecule has 0 aromatic rings. The van der Waals surface area contributed by atoms with E-state index in [1.807, 2.05) is 21.1 Å². The molecule has 0 bridgehead atoms. The molecule has 0 fully saturated rings. The number of esters is 2. The fourth-order valence-corrected chi connectivity index (χ4v) is 10.6. The first-order valence-corrected chi connectivity index (χ1v) is 35.5. The lowest BCUT2D eigenvalue weighted by atomic mass is 10.0. The maximum atomic E-state index is 12.9. The summed E-state index contributed by atoms with van der Waals surface area (Å²) >= 11 is 0. The summed E-state index contributed by atoms with van der Waals surface area (Å²) in [6.45, 7) is 4.37. The van der Waals surface area contributed by atoms with Crippen LogP contribution in [0.1, 0.15) is 322 Å². The topological polar surface area (TPSA) is 108 Å². The lowest BCUT2D eigenvalue weighted by Gasteiger charge is -2.24. The highest BCUT2D eigenvalue weighted by Gasteiger charge is 2.27. The molecular formula is C70H131NO8P+. The van der Waals surface area contributed by atoms with Crippen molar-refractivity contribution in [2.45, 2.75) is 328 Å². The Hall–Kier alpha value is -2.29. The molecule has 0 spiro atoms. The molecule has 2 unspecified atom stereocenters. The summed E-state index contributed by atoms with van der Waals surface area (Å²) < 4.78 is 34.7. The van der Waals surface area contributed by atoms with Crippen molar-refractivity contribution in [3.8, 4) is 0 Å². The number of rotatable bonds is 63. The molecule has 0 heterocycles. The fraction of sp³-hybridized carbons (Fsp3) is 0.829. The third-order valence-corrected chi connectivity index (χ3v) is 16.0. The van der Waals surface area contributed by atoms with Crippen LogP contribution in [0.4, 0.5) is 0 Å². The Bertz CT molecular complexity index is 1530. The lowest BCUT2D eigenvalue weighted by molar-refractivity contribution is -0.870. The van der Waals surface area contributed by atoms with Gasteiger partial charge in [-0.1, -0.05) is 293 Å². The summed E-state index contributed by atoms with van der Waals surface area (Å²) in [5.41, 5.74) is 0. The zero-order valence-electron chi connectivity index (χ0n) is 53.3. The summed E-state index contributed by atoms with van der Waals surface area (Å²) in [7, 11) is 1.49. The number of carbonyl (C=O) groups is 2. The number of hydrogen-bond donors (Lipinski definition) is 1. The highest BCUT2D eigenvalue weighted by atomic mass is 31.2. The highest BCUT2D eigenvalue weighted by Crippen LogP contribution is 2.43. The maximum absolute atomic E-state index is 12.9. The smallest absolute Gasteiger partial charge is 0.462 e. The number of allylic oxidation sites excluding steroid dienone is 10. The summed E-state index contributed by atoms with van der Waals surface area (Å²) in [6.07, 6.45) is 80.3. The van der Waals surface area contributed by atoms with Crippen molar-refractivity contribution in [1.82, 2.24) is 0 Å². The van der Waals surface area contributed by atoms with Crippen LogP contribution in [0.3, 0.4) is 0 Å². The van der Waals surface area contributed by atoms with Crippen molar-refractivity contribution in [1.29, 1.82) is 0 Å². The Morgan fingerprint density at radius 2 is 0.713 bits per heavy atom. The van der Waals surface area contributed by atoms with Gasteiger partial charge in [-0.05, 0) is 77.0 Å². The van der Waals surface area contributed by atoms with Gasteiger partial charge >= 0.3 is 19.8 Å². The van der Waals surface area contributed by atoms with Gasteiger partial charge in [-0.2, -0.15) is 0 Å². The number of unbranched alkanes of at least 4 members (excludes halogenated alkanes) is 39. The Balaban J connectivity index is 4.01. The molecular weight excluding hydrogens is 1010 g/mol. The van der Waals surface area contributed by atoms with Crippen molar-refractivity contribution >= 4 is 19.8 Å². The molecule has 0 radical (unpaired) electrons. The predicted octanol–water partition coefficient (Wildman–Crippen LogP) is 21.8. The van der Waals surface area contributed by atoms with Crippen LogP contribution in [-0.2, 0) is 32.7 Å². The van der Waals surface area contributed by atoms with Crippen molar-refractivity contribution in [3.63, 3.8) is 0 Å². The van der Waals surface area contributed by atoms with Crippen LogP contribution < -0.4 is 0 Å². The van der Waals surface area contributed by atoms with Gasteiger partial charge in [-0.3, -0.25) is 18.6 Å². The van der Waals surface area contributed by atoms with Gasteiger partial charge in [0.2, 0.25) is 0 Å². The average Bonchev–Trinajstić information content (AvgIpc) is 3.42. The van der Waals surface area contributed by atoms with Gasteiger partial charge in [0.1, 0.15) is 19.8 Å². The molecule has 0 rings (SSSR count). The van der Waals surface area contributed by atoms with Crippen LogP contribution in [0.15, 0.2) is 60.8 Å². The number of nitrogens with zero attached hydrogens (tertiary/aromatic N) is 1. The minimum Gasteiger partial charge on any atom is -0.462 e. The fourth-order valence-electron chi connectivity index (χ4n) is 9.83. The molecule has 0 saturated heterocycles. The molecule has 468 valence electrons. The van der Waals surface area contributed by atoms with Crippen molar-refractivity contribution in [3.05, 3.63) is 60.8 Å². The average molecular weight is 1150 g/mol. The van der Waals surface area contributed by atoms with E-state index in [4.69, 9.17) is 18.5 Å². The Labute approximate surface area is 496 Å². The first-order valence-electron chi connectivity index (χ1n) is 34.0. The quantitative estimate of drug-likeness (QED) is 0.0211. The predicted molar refractivity (Wildman–Crippen MR) is 344 cm³/mol. The molecule has 0 saturated carbocycles. The SMILES string of the molecule is CC/C=C\C/C=C\C/C=C\C/C=C\CCCCCCCCCCCCCCCCCCCCCCC(=O)OC(COC(=O)CCCCCCCCCCCCC/C=C\CCCCCCCCCC)COP(=O)(O)OCC[N+](C)(C)C. The van der Waals surface area contributed by atoms with Crippen LogP contribution in [-0.4, -0.2) is 74.9 Å². The first kappa shape index (κ1) is 77.7. The minimum absolute atomic E-state index is 0.0327. The van der Waals surface area contributed by atoms with Gasteiger partial charge in [0.05, 0.1) is 27.7 Å². The van der Waals surface area contributed by atoms with Gasteiger partial charge in [0.15, 0.2) is 6.10 Å². The first-order chi connectivity index (χ1) is 39.0. The number of ether oxygens (including phenoxy) is 2. The molecule has 0 aromatic carbocycles. The molecule has 0 aliphatic rings. The van der Waals surface area contributed by atoms with Gasteiger partial charge in [-0.25, -0.2) is 4.57 Å². The van der Waals surface area contributed by atoms with Crippen LogP contribution in [0.5, 0.6) is 0 Å². The van der Waals surface area contributed by atoms with Crippen molar-refractivity contribution in [2.24, 2.45) is 0 Å². The normalized spacial score (nSPS) is 13.5. The van der Waals surface area contributed by atoms with E-state index in [1.165, 1.54) is 231 Å². The minimum atomic E-state index is -4.39. The molecule has 0 aromatic heterocycles. The van der Waals surface area contributed by atoms with E-state index in [1.54, 1.807) is 0 Å². The number of likely N-dealkylation sites (N-methyl/N-ethyl adjacent to an activating group) is 1. The van der Waals surface area contributed by atoms with Crippen LogP contribution >= 0.6 is 7.82 Å². The number of phosphoric acid groups is 1. The van der Waals surface area contributed by atoms with Crippen molar-refractivity contribution in [2.75, 3.05) is 47.5 Å². The van der Waals surface area contributed by atoms with Crippen LogP contribution in [0, 0.1) is 0 Å². The number of quaternary nitrogens is 1. The summed E-state index contributed by atoms with van der Waals surface area (Å²) in [4.78, 5) is 35.8. The van der Waals surface area contributed by atoms with E-state index in [9.17, 15) is 19.0 Å². The Kier molecular flexibility index (Phi) is 59.5. The Morgan fingerprint density at radius 3 is 1.07 bits per heavy atom. The second kappa shape index (κ2) is 61.3. The molecule has 1 N–H and O–H groups in total. The van der Waals surface area contributed by atoms with Gasteiger partial charge < -0.3 is 18.9 Å².